The number of hydrogen-bond acceptors (Lipinski definition) is 0. The second-order valence-electron chi connectivity index (χ2n) is 7.24. The van der Waals surface area contributed by atoms with Crippen LogP contribution in [0.1, 0.15) is 58.3 Å². The predicted octanol–water partition coefficient (Wildman–Crippen LogP) is 4.49. The van der Waals surface area contributed by atoms with Crippen LogP contribution in [0.15, 0.2) is 0 Å². The lowest BCUT2D eigenvalue weighted by molar-refractivity contribution is 0.0154. The van der Waals surface area contributed by atoms with Crippen LogP contribution in [0.25, 0.3) is 0 Å². The quantitative estimate of drug-likeness (QED) is 0.608. The summed E-state index contributed by atoms with van der Waals surface area (Å²) in [5.74, 6) is 8.16. The molecule has 0 N–H and O–H groups in total. The zero-order chi connectivity index (χ0) is 10.7. The average Bonchev–Trinajstić information content (AvgIpc) is 3.00. The molecule has 90 valence electrons. The molecule has 0 radical (unpaired) electrons. The van der Waals surface area contributed by atoms with Crippen LogP contribution in [0.4, 0.5) is 0 Å². The van der Waals surface area contributed by atoms with E-state index in [1.165, 1.54) is 30.1 Å². The second-order valence-corrected chi connectivity index (χ2v) is 7.24. The molecule has 4 fully saturated rings. The summed E-state index contributed by atoms with van der Waals surface area (Å²) in [6, 6.07) is 0. The molecule has 4 aliphatic carbocycles. The minimum atomic E-state index is 1.14. The van der Waals surface area contributed by atoms with Crippen LogP contribution >= 0.6 is 0 Å². The molecule has 0 aromatic heterocycles. The summed E-state index contributed by atoms with van der Waals surface area (Å²) in [6.45, 7) is 2.48. The molecule has 0 amide bonds. The lowest BCUT2D eigenvalue weighted by Crippen LogP contribution is -2.40. The van der Waals surface area contributed by atoms with Gasteiger partial charge < -0.3 is 0 Å². The van der Waals surface area contributed by atoms with E-state index in [9.17, 15) is 0 Å². The topological polar surface area (TPSA) is 0 Å². The molecule has 0 aromatic rings. The summed E-state index contributed by atoms with van der Waals surface area (Å²) in [4.78, 5) is 0. The fourth-order valence-electron chi connectivity index (χ4n) is 6.60. The largest absolute Gasteiger partial charge is 0.0651 e. The van der Waals surface area contributed by atoms with Crippen molar-refractivity contribution in [3.8, 4) is 0 Å². The van der Waals surface area contributed by atoms with E-state index in [0.29, 0.717) is 0 Å². The smallest absolute Gasteiger partial charge is 0.0324 e. The first-order valence-electron chi connectivity index (χ1n) is 7.88. The maximum absolute atomic E-state index is 2.48. The minimum Gasteiger partial charge on any atom is -0.0651 e. The summed E-state index contributed by atoms with van der Waals surface area (Å²) >= 11 is 0. The molecule has 4 aliphatic rings. The summed E-state index contributed by atoms with van der Waals surface area (Å²) in [5, 5.41) is 0. The molecule has 2 bridgehead atoms. The summed E-state index contributed by atoms with van der Waals surface area (Å²) < 4.78 is 0. The van der Waals surface area contributed by atoms with E-state index in [0.717, 1.165) is 17.8 Å². The van der Waals surface area contributed by atoms with Gasteiger partial charge in [-0.25, -0.2) is 0 Å². The highest BCUT2D eigenvalue weighted by Gasteiger charge is 2.56. The van der Waals surface area contributed by atoms with Gasteiger partial charge in [0.1, 0.15) is 0 Å². The van der Waals surface area contributed by atoms with Crippen LogP contribution in [-0.4, -0.2) is 0 Å². The molecule has 0 heteroatoms. The average molecular weight is 218 g/mol. The van der Waals surface area contributed by atoms with Gasteiger partial charge in [0.25, 0.3) is 0 Å². The SMILES string of the molecule is CCC1C2CCCC2CC2C3CCC(C3)C21. The molecule has 7 atom stereocenters. The highest BCUT2D eigenvalue weighted by molar-refractivity contribution is 5.05. The first-order chi connectivity index (χ1) is 7.88. The van der Waals surface area contributed by atoms with Gasteiger partial charge in [0.05, 0.1) is 0 Å². The van der Waals surface area contributed by atoms with Gasteiger partial charge in [-0.1, -0.05) is 26.2 Å². The third-order valence-electron chi connectivity index (χ3n) is 6.97. The fourth-order valence-corrected chi connectivity index (χ4v) is 6.60. The zero-order valence-electron chi connectivity index (χ0n) is 10.7. The van der Waals surface area contributed by atoms with Gasteiger partial charge in [0.15, 0.2) is 0 Å². The monoisotopic (exact) mass is 218 g/mol. The number of rotatable bonds is 1. The third-order valence-corrected chi connectivity index (χ3v) is 6.97. The number of hydrogen-bond donors (Lipinski definition) is 0. The van der Waals surface area contributed by atoms with Crippen LogP contribution in [-0.2, 0) is 0 Å². The maximum Gasteiger partial charge on any atom is -0.0324 e. The van der Waals surface area contributed by atoms with Gasteiger partial charge in [-0.3, -0.25) is 0 Å². The van der Waals surface area contributed by atoms with E-state index >= 15 is 0 Å². The van der Waals surface area contributed by atoms with E-state index in [2.05, 4.69) is 6.92 Å². The number of fused-ring (bicyclic) bond motifs is 6. The van der Waals surface area contributed by atoms with Gasteiger partial charge in [0.2, 0.25) is 0 Å². The van der Waals surface area contributed by atoms with E-state index < -0.39 is 0 Å². The molecule has 0 heterocycles. The van der Waals surface area contributed by atoms with Gasteiger partial charge >= 0.3 is 0 Å². The van der Waals surface area contributed by atoms with E-state index in [1.54, 1.807) is 44.9 Å². The Hall–Kier alpha value is 0. The molecule has 7 unspecified atom stereocenters. The van der Waals surface area contributed by atoms with Crippen molar-refractivity contribution in [3.05, 3.63) is 0 Å². The molecule has 0 aliphatic heterocycles. The van der Waals surface area contributed by atoms with Crippen molar-refractivity contribution >= 4 is 0 Å². The second kappa shape index (κ2) is 3.50. The van der Waals surface area contributed by atoms with E-state index in [4.69, 9.17) is 0 Å². The Morgan fingerprint density at radius 3 is 2.50 bits per heavy atom. The van der Waals surface area contributed by atoms with Crippen LogP contribution in [0.2, 0.25) is 0 Å². The van der Waals surface area contributed by atoms with Crippen LogP contribution in [0.3, 0.4) is 0 Å². The Morgan fingerprint density at radius 2 is 1.62 bits per heavy atom. The Labute approximate surface area is 100 Å². The van der Waals surface area contributed by atoms with Crippen LogP contribution in [0.5, 0.6) is 0 Å². The molecule has 4 rings (SSSR count). The van der Waals surface area contributed by atoms with Crippen LogP contribution < -0.4 is 0 Å². The molecule has 0 spiro atoms. The molecule has 0 aromatic carbocycles. The summed E-state index contributed by atoms with van der Waals surface area (Å²) in [5.41, 5.74) is 0. The Balaban J connectivity index is 1.66. The van der Waals surface area contributed by atoms with Crippen molar-refractivity contribution in [3.63, 3.8) is 0 Å². The van der Waals surface area contributed by atoms with Crippen molar-refractivity contribution in [2.24, 2.45) is 41.4 Å². The highest BCUT2D eigenvalue weighted by Crippen LogP contribution is 2.64. The van der Waals surface area contributed by atoms with E-state index in [-0.39, 0.29) is 0 Å². The Morgan fingerprint density at radius 1 is 0.812 bits per heavy atom. The van der Waals surface area contributed by atoms with Gasteiger partial charge in [-0.05, 0) is 73.5 Å². The standard InChI is InChI=1S/C16H26/c1-2-13-14-5-3-4-10(14)9-15-11-6-7-12(8-11)16(13)15/h10-16H,2-9H2,1H3. The zero-order valence-corrected chi connectivity index (χ0v) is 10.7. The lowest BCUT2D eigenvalue weighted by atomic mass is 9.58. The maximum atomic E-state index is 2.48. The van der Waals surface area contributed by atoms with E-state index in [1.807, 2.05) is 0 Å². The highest BCUT2D eigenvalue weighted by atomic mass is 14.6. The summed E-state index contributed by atoms with van der Waals surface area (Å²) in [6.07, 6.45) is 12.7. The van der Waals surface area contributed by atoms with Gasteiger partial charge in [0, 0.05) is 0 Å². The first kappa shape index (κ1) is 9.97. The van der Waals surface area contributed by atoms with Crippen molar-refractivity contribution in [1.29, 1.82) is 0 Å². The molecular formula is C16H26. The Kier molecular flexibility index (Phi) is 2.18. The molecule has 0 saturated heterocycles. The Bertz CT molecular complexity index is 282. The van der Waals surface area contributed by atoms with Crippen molar-refractivity contribution in [2.75, 3.05) is 0 Å². The first-order valence-corrected chi connectivity index (χ1v) is 7.88. The van der Waals surface area contributed by atoms with Gasteiger partial charge in [-0.15, -0.1) is 0 Å². The summed E-state index contributed by atoms with van der Waals surface area (Å²) in [7, 11) is 0. The molecular weight excluding hydrogens is 192 g/mol. The van der Waals surface area contributed by atoms with Crippen molar-refractivity contribution in [2.45, 2.75) is 58.3 Å². The van der Waals surface area contributed by atoms with Gasteiger partial charge in [-0.2, -0.15) is 0 Å². The van der Waals surface area contributed by atoms with Crippen molar-refractivity contribution < 1.29 is 0 Å². The minimum absolute atomic E-state index is 1.14. The predicted molar refractivity (Wildman–Crippen MR) is 67.0 cm³/mol. The molecule has 16 heavy (non-hydrogen) atoms. The molecule has 4 saturated carbocycles. The third kappa shape index (κ3) is 1.17. The normalized spacial score (nSPS) is 58.7. The fraction of sp³-hybridized carbons (Fsp3) is 1.00. The van der Waals surface area contributed by atoms with Crippen molar-refractivity contribution in [1.82, 2.24) is 0 Å². The molecule has 0 nitrogen and oxygen atoms in total. The van der Waals surface area contributed by atoms with Crippen LogP contribution in [0, 0.1) is 41.4 Å². The lowest BCUT2D eigenvalue weighted by Gasteiger charge is -2.47.